The maximum atomic E-state index is 12.9. The van der Waals surface area contributed by atoms with Crippen LogP contribution < -0.4 is 10.1 Å². The monoisotopic (exact) mass is 368 g/mol. The molecular formula is C22H28N2O3. The Morgan fingerprint density at radius 1 is 1.07 bits per heavy atom. The van der Waals surface area contributed by atoms with Crippen molar-refractivity contribution in [3.8, 4) is 5.75 Å². The quantitative estimate of drug-likeness (QED) is 0.817. The number of ether oxygens (including phenoxy) is 1. The number of benzene rings is 2. The van der Waals surface area contributed by atoms with Gasteiger partial charge in [-0.05, 0) is 50.5 Å². The third kappa shape index (κ3) is 5.33. The molecule has 2 amide bonds. The van der Waals surface area contributed by atoms with Crippen molar-refractivity contribution in [1.82, 2.24) is 10.2 Å². The number of nitrogens with one attached hydrogen (secondary N) is 1. The van der Waals surface area contributed by atoms with Gasteiger partial charge in [-0.3, -0.25) is 9.59 Å². The smallest absolute Gasteiger partial charge is 0.261 e. The predicted molar refractivity (Wildman–Crippen MR) is 107 cm³/mol. The van der Waals surface area contributed by atoms with E-state index in [4.69, 9.17) is 4.74 Å². The lowest BCUT2D eigenvalue weighted by Crippen LogP contribution is -2.48. The molecule has 2 rings (SSSR count). The van der Waals surface area contributed by atoms with Gasteiger partial charge >= 0.3 is 0 Å². The fourth-order valence-corrected chi connectivity index (χ4v) is 2.78. The highest BCUT2D eigenvalue weighted by molar-refractivity contribution is 5.87. The van der Waals surface area contributed by atoms with E-state index < -0.39 is 6.04 Å². The first-order valence-corrected chi connectivity index (χ1v) is 9.09. The second-order valence-electron chi connectivity index (χ2n) is 6.78. The molecular weight excluding hydrogens is 340 g/mol. The van der Waals surface area contributed by atoms with Crippen LogP contribution in [0.5, 0.6) is 5.75 Å². The molecule has 0 radical (unpaired) electrons. The fourth-order valence-electron chi connectivity index (χ4n) is 2.78. The first-order chi connectivity index (χ1) is 12.8. The molecule has 0 aliphatic heterocycles. The summed E-state index contributed by atoms with van der Waals surface area (Å²) in [7, 11) is 1.57. The zero-order chi connectivity index (χ0) is 20.0. The van der Waals surface area contributed by atoms with Crippen molar-refractivity contribution in [3.63, 3.8) is 0 Å². The molecule has 0 bridgehead atoms. The molecule has 0 aliphatic rings. The molecule has 0 spiro atoms. The molecule has 0 saturated carbocycles. The molecule has 5 heteroatoms. The van der Waals surface area contributed by atoms with Gasteiger partial charge in [-0.2, -0.15) is 0 Å². The van der Waals surface area contributed by atoms with E-state index >= 15 is 0 Å². The van der Waals surface area contributed by atoms with Gasteiger partial charge < -0.3 is 15.0 Å². The zero-order valence-electron chi connectivity index (χ0n) is 16.7. The number of likely N-dealkylation sites (N-methyl/N-ethyl adjacent to an activating group) is 1. The number of rotatable bonds is 7. The van der Waals surface area contributed by atoms with Crippen LogP contribution in [-0.4, -0.2) is 36.4 Å². The Morgan fingerprint density at radius 3 is 2.37 bits per heavy atom. The Hall–Kier alpha value is -2.82. The van der Waals surface area contributed by atoms with E-state index in [9.17, 15) is 9.59 Å². The summed E-state index contributed by atoms with van der Waals surface area (Å²) in [5, 5.41) is 2.61. The minimum Gasteiger partial charge on any atom is -0.483 e. The lowest BCUT2D eigenvalue weighted by Gasteiger charge is -2.28. The number of aryl methyl sites for hydroxylation is 2. The molecule has 1 N–H and O–H groups in total. The molecule has 0 aliphatic carbocycles. The minimum atomic E-state index is -0.592. The Balaban J connectivity index is 2.15. The molecule has 0 fully saturated rings. The lowest BCUT2D eigenvalue weighted by atomic mass is 10.1. The highest BCUT2D eigenvalue weighted by atomic mass is 16.5. The summed E-state index contributed by atoms with van der Waals surface area (Å²) in [6, 6.07) is 13.1. The van der Waals surface area contributed by atoms with Crippen LogP contribution in [0.4, 0.5) is 0 Å². The SMILES string of the molecule is CNC(=O)[C@@H](C)N(Cc1ccc(C)cc1)C(=O)COc1cccc(C)c1C. The summed E-state index contributed by atoms with van der Waals surface area (Å²) in [5.74, 6) is 0.251. The highest BCUT2D eigenvalue weighted by Gasteiger charge is 2.26. The lowest BCUT2D eigenvalue weighted by molar-refractivity contribution is -0.142. The molecule has 1 atom stereocenters. The van der Waals surface area contributed by atoms with Crippen molar-refractivity contribution in [2.75, 3.05) is 13.7 Å². The molecule has 0 aromatic heterocycles. The highest BCUT2D eigenvalue weighted by Crippen LogP contribution is 2.21. The first-order valence-electron chi connectivity index (χ1n) is 9.09. The van der Waals surface area contributed by atoms with Crippen molar-refractivity contribution < 1.29 is 14.3 Å². The second kappa shape index (κ2) is 9.21. The van der Waals surface area contributed by atoms with Crippen molar-refractivity contribution in [1.29, 1.82) is 0 Å². The van der Waals surface area contributed by atoms with Gasteiger partial charge in [0.15, 0.2) is 6.61 Å². The maximum Gasteiger partial charge on any atom is 0.261 e. The van der Waals surface area contributed by atoms with Gasteiger partial charge in [-0.1, -0.05) is 42.0 Å². The average molecular weight is 368 g/mol. The van der Waals surface area contributed by atoms with Crippen LogP contribution in [0, 0.1) is 20.8 Å². The van der Waals surface area contributed by atoms with Crippen LogP contribution in [0.3, 0.4) is 0 Å². The zero-order valence-corrected chi connectivity index (χ0v) is 16.7. The number of amides is 2. The summed E-state index contributed by atoms with van der Waals surface area (Å²) >= 11 is 0. The van der Waals surface area contributed by atoms with Gasteiger partial charge in [0, 0.05) is 13.6 Å². The van der Waals surface area contributed by atoms with Gasteiger partial charge in [0.25, 0.3) is 5.91 Å². The number of hydrogen-bond acceptors (Lipinski definition) is 3. The number of carbonyl (C=O) groups excluding carboxylic acids is 2. The average Bonchev–Trinajstić information content (AvgIpc) is 2.67. The van der Waals surface area contributed by atoms with Crippen molar-refractivity contribution in [2.24, 2.45) is 0 Å². The molecule has 0 saturated heterocycles. The van der Waals surface area contributed by atoms with Gasteiger partial charge in [-0.15, -0.1) is 0 Å². The standard InChI is InChI=1S/C22H28N2O3/c1-15-9-11-19(12-10-15)13-24(18(4)22(26)23-5)21(25)14-27-20-8-6-7-16(2)17(20)3/h6-12,18H,13-14H2,1-5H3,(H,23,26)/t18-/m1/s1. The van der Waals surface area contributed by atoms with Gasteiger partial charge in [0.1, 0.15) is 11.8 Å². The van der Waals surface area contributed by atoms with Gasteiger partial charge in [-0.25, -0.2) is 0 Å². The number of hydrogen-bond donors (Lipinski definition) is 1. The van der Waals surface area contributed by atoms with Crippen molar-refractivity contribution in [3.05, 3.63) is 64.7 Å². The second-order valence-corrected chi connectivity index (χ2v) is 6.78. The molecule has 144 valence electrons. The van der Waals surface area contributed by atoms with E-state index in [1.807, 2.05) is 63.2 Å². The van der Waals surface area contributed by atoms with E-state index in [2.05, 4.69) is 5.32 Å². The van der Waals surface area contributed by atoms with Gasteiger partial charge in [0.05, 0.1) is 0 Å². The van der Waals surface area contributed by atoms with Crippen LogP contribution in [-0.2, 0) is 16.1 Å². The van der Waals surface area contributed by atoms with E-state index in [-0.39, 0.29) is 18.4 Å². The third-order valence-electron chi connectivity index (χ3n) is 4.79. The largest absolute Gasteiger partial charge is 0.483 e. The van der Waals surface area contributed by atoms with E-state index in [1.54, 1.807) is 18.9 Å². The number of carbonyl (C=O) groups is 2. The summed E-state index contributed by atoms with van der Waals surface area (Å²) in [6.07, 6.45) is 0. The normalized spacial score (nSPS) is 11.6. The maximum absolute atomic E-state index is 12.9. The molecule has 0 unspecified atom stereocenters. The molecule has 0 heterocycles. The van der Waals surface area contributed by atoms with Crippen LogP contribution in [0.1, 0.15) is 29.2 Å². The summed E-state index contributed by atoms with van der Waals surface area (Å²) in [5.41, 5.74) is 4.23. The van der Waals surface area contributed by atoms with Crippen LogP contribution in [0.2, 0.25) is 0 Å². The molecule has 27 heavy (non-hydrogen) atoms. The summed E-state index contributed by atoms with van der Waals surface area (Å²) in [6.45, 7) is 7.94. The molecule has 2 aromatic rings. The number of nitrogens with zero attached hydrogens (tertiary/aromatic N) is 1. The van der Waals surface area contributed by atoms with E-state index in [0.29, 0.717) is 12.3 Å². The van der Waals surface area contributed by atoms with Crippen molar-refractivity contribution >= 4 is 11.8 Å². The fraction of sp³-hybridized carbons (Fsp3) is 0.364. The van der Waals surface area contributed by atoms with Gasteiger partial charge in [0.2, 0.25) is 5.91 Å². The van der Waals surface area contributed by atoms with Crippen LogP contribution >= 0.6 is 0 Å². The Morgan fingerprint density at radius 2 is 1.74 bits per heavy atom. The van der Waals surface area contributed by atoms with Crippen molar-refractivity contribution in [2.45, 2.75) is 40.3 Å². The Kier molecular flexibility index (Phi) is 6.99. The summed E-state index contributed by atoms with van der Waals surface area (Å²) in [4.78, 5) is 26.5. The van der Waals surface area contributed by atoms with E-state index in [0.717, 1.165) is 22.3 Å². The molecule has 2 aromatic carbocycles. The van der Waals surface area contributed by atoms with Crippen LogP contribution in [0.25, 0.3) is 0 Å². The minimum absolute atomic E-state index is 0.114. The van der Waals surface area contributed by atoms with E-state index in [1.165, 1.54) is 0 Å². The third-order valence-corrected chi connectivity index (χ3v) is 4.79. The summed E-state index contributed by atoms with van der Waals surface area (Å²) < 4.78 is 5.76. The molecule has 5 nitrogen and oxygen atoms in total. The Bertz CT molecular complexity index is 800. The Labute approximate surface area is 161 Å². The predicted octanol–water partition coefficient (Wildman–Crippen LogP) is 3.15. The first kappa shape index (κ1) is 20.5. The topological polar surface area (TPSA) is 58.6 Å². The van der Waals surface area contributed by atoms with Crippen LogP contribution in [0.15, 0.2) is 42.5 Å².